The van der Waals surface area contributed by atoms with Crippen LogP contribution in [0.25, 0.3) is 16.6 Å². The van der Waals surface area contributed by atoms with E-state index in [2.05, 4.69) is 9.97 Å². The molecule has 220 valence electrons. The van der Waals surface area contributed by atoms with E-state index in [1.54, 1.807) is 49.6 Å². The molecule has 1 saturated carbocycles. The van der Waals surface area contributed by atoms with Crippen LogP contribution in [0.2, 0.25) is 0 Å². The van der Waals surface area contributed by atoms with E-state index in [0.717, 1.165) is 23.6 Å². The van der Waals surface area contributed by atoms with Crippen molar-refractivity contribution in [2.75, 3.05) is 18.5 Å². The quantitative estimate of drug-likeness (QED) is 0.217. The lowest BCUT2D eigenvalue weighted by Crippen LogP contribution is -2.32. The van der Waals surface area contributed by atoms with Gasteiger partial charge in [0, 0.05) is 29.9 Å². The minimum absolute atomic E-state index is 0.00940. The second-order valence-electron chi connectivity index (χ2n) is 10.3. The Kier molecular flexibility index (Phi) is 7.57. The summed E-state index contributed by atoms with van der Waals surface area (Å²) in [5, 5.41) is 0.463. The zero-order valence-electron chi connectivity index (χ0n) is 23.6. The Labute approximate surface area is 248 Å². The Balaban J connectivity index is 1.44. The molecule has 1 aliphatic carbocycles. The Morgan fingerprint density at radius 2 is 1.70 bits per heavy atom. The summed E-state index contributed by atoms with van der Waals surface area (Å²) in [6.45, 7) is -0.0301. The van der Waals surface area contributed by atoms with Crippen LogP contribution in [0.5, 0.6) is 11.5 Å². The number of methoxy groups -OCH3 is 2. The van der Waals surface area contributed by atoms with E-state index >= 15 is 4.39 Å². The number of fused-ring (bicyclic) bond motifs is 1. The molecule has 1 aliphatic rings. The average Bonchev–Trinajstić information content (AvgIpc) is 3.00. The van der Waals surface area contributed by atoms with Crippen LogP contribution < -0.4 is 19.3 Å². The summed E-state index contributed by atoms with van der Waals surface area (Å²) < 4.78 is 56.7. The maximum Gasteiger partial charge on any atom is 0.266 e. The first-order valence-electron chi connectivity index (χ1n) is 13.8. The monoisotopic (exact) mass is 600 g/mol. The molecule has 0 amide bonds. The van der Waals surface area contributed by atoms with Gasteiger partial charge in [-0.3, -0.25) is 9.36 Å². The van der Waals surface area contributed by atoms with Crippen molar-refractivity contribution >= 4 is 26.9 Å². The number of aromatic nitrogens is 3. The van der Waals surface area contributed by atoms with Gasteiger partial charge in [-0.1, -0.05) is 18.6 Å². The van der Waals surface area contributed by atoms with Gasteiger partial charge in [0.25, 0.3) is 15.6 Å². The van der Waals surface area contributed by atoms with Gasteiger partial charge >= 0.3 is 0 Å². The maximum atomic E-state index is 15.3. The van der Waals surface area contributed by atoms with Crippen molar-refractivity contribution in [2.45, 2.75) is 36.6 Å². The van der Waals surface area contributed by atoms with E-state index in [4.69, 9.17) is 9.47 Å². The molecule has 1 fully saturated rings. The minimum atomic E-state index is -4.17. The van der Waals surface area contributed by atoms with Crippen molar-refractivity contribution in [3.63, 3.8) is 0 Å². The smallest absolute Gasteiger partial charge is 0.266 e. The van der Waals surface area contributed by atoms with E-state index in [9.17, 15) is 13.2 Å². The second-order valence-corrected chi connectivity index (χ2v) is 12.2. The molecule has 2 heterocycles. The summed E-state index contributed by atoms with van der Waals surface area (Å²) in [7, 11) is -1.14. The molecule has 0 bridgehead atoms. The van der Waals surface area contributed by atoms with Crippen molar-refractivity contribution in [1.82, 2.24) is 14.5 Å². The fourth-order valence-electron chi connectivity index (χ4n) is 5.27. The molecule has 0 saturated heterocycles. The zero-order chi connectivity index (χ0) is 30.1. The summed E-state index contributed by atoms with van der Waals surface area (Å²) in [6, 6.07) is 18.9. The number of sulfonamides is 1. The lowest BCUT2D eigenvalue weighted by Gasteiger charge is -2.27. The molecule has 5 aromatic rings. The molecule has 3 aromatic carbocycles. The van der Waals surface area contributed by atoms with Crippen LogP contribution in [0, 0.1) is 5.82 Å². The third-order valence-electron chi connectivity index (χ3n) is 7.80. The van der Waals surface area contributed by atoms with Crippen LogP contribution in [0.3, 0.4) is 0 Å². The first kappa shape index (κ1) is 28.4. The molecule has 9 nitrogen and oxygen atoms in total. The second kappa shape index (κ2) is 11.5. The first-order valence-corrected chi connectivity index (χ1v) is 15.2. The SMILES string of the molecule is COc1ccc(CN(c2ncccn2)S(=O)(=O)c2ccc3c(ccc(=O)n3-c3cc(F)c(C4CCC4)cc3OC)c2)cc1. The van der Waals surface area contributed by atoms with Crippen molar-refractivity contribution in [1.29, 1.82) is 0 Å². The van der Waals surface area contributed by atoms with Gasteiger partial charge in [0.2, 0.25) is 5.95 Å². The number of ether oxygens (including phenoxy) is 2. The summed E-state index contributed by atoms with van der Waals surface area (Å²) in [4.78, 5) is 21.5. The highest BCUT2D eigenvalue weighted by Gasteiger charge is 2.29. The fraction of sp³-hybridized carbons (Fsp3) is 0.219. The van der Waals surface area contributed by atoms with E-state index in [1.807, 2.05) is 0 Å². The van der Waals surface area contributed by atoms with Gasteiger partial charge in [0.05, 0.1) is 36.9 Å². The van der Waals surface area contributed by atoms with Crippen LogP contribution in [-0.4, -0.2) is 37.2 Å². The molecular formula is C32H29FN4O5S. The standard InChI is InChI=1S/C32H29FN4O5S/c1-41-24-10-7-21(8-11-24)20-36(32-34-15-4-16-35-32)43(39,40)25-12-13-28-23(17-25)9-14-31(38)37(28)29-19-27(33)26(18-30(29)42-2)22-5-3-6-22/h4,7-19,22H,3,5-6,20H2,1-2H3. The van der Waals surface area contributed by atoms with Gasteiger partial charge in [-0.25, -0.2) is 27.1 Å². The molecule has 2 aromatic heterocycles. The van der Waals surface area contributed by atoms with Gasteiger partial charge in [-0.05, 0) is 78.4 Å². The van der Waals surface area contributed by atoms with Gasteiger partial charge in [-0.2, -0.15) is 0 Å². The highest BCUT2D eigenvalue weighted by atomic mass is 32.2. The average molecular weight is 601 g/mol. The van der Waals surface area contributed by atoms with Gasteiger partial charge in [0.1, 0.15) is 17.3 Å². The minimum Gasteiger partial charge on any atom is -0.497 e. The fourth-order valence-corrected chi connectivity index (χ4v) is 6.67. The van der Waals surface area contributed by atoms with Crippen LogP contribution in [-0.2, 0) is 16.6 Å². The van der Waals surface area contributed by atoms with Crippen LogP contribution in [0.4, 0.5) is 10.3 Å². The maximum absolute atomic E-state index is 15.3. The lowest BCUT2D eigenvalue weighted by molar-refractivity contribution is 0.390. The molecule has 43 heavy (non-hydrogen) atoms. The molecule has 0 atom stereocenters. The van der Waals surface area contributed by atoms with Crippen molar-refractivity contribution < 1.29 is 22.3 Å². The molecule has 0 aliphatic heterocycles. The topological polar surface area (TPSA) is 104 Å². The molecule has 6 rings (SSSR count). The highest BCUT2D eigenvalue weighted by molar-refractivity contribution is 7.92. The van der Waals surface area contributed by atoms with Crippen molar-refractivity contribution in [3.05, 3.63) is 112 Å². The number of pyridine rings is 1. The number of anilines is 1. The molecule has 0 N–H and O–H groups in total. The van der Waals surface area contributed by atoms with Gasteiger partial charge in [0.15, 0.2) is 0 Å². The lowest BCUT2D eigenvalue weighted by atomic mass is 9.79. The number of hydrogen-bond acceptors (Lipinski definition) is 7. The van der Waals surface area contributed by atoms with Crippen LogP contribution in [0.1, 0.15) is 36.3 Å². The first-order chi connectivity index (χ1) is 20.8. The van der Waals surface area contributed by atoms with Crippen molar-refractivity contribution in [2.24, 2.45) is 0 Å². The highest BCUT2D eigenvalue weighted by Crippen LogP contribution is 2.41. The zero-order valence-corrected chi connectivity index (χ0v) is 24.4. The van der Waals surface area contributed by atoms with Gasteiger partial charge < -0.3 is 9.47 Å². The predicted molar refractivity (Wildman–Crippen MR) is 161 cm³/mol. The normalized spacial score (nSPS) is 13.5. The van der Waals surface area contributed by atoms with Crippen molar-refractivity contribution in [3.8, 4) is 17.2 Å². The van der Waals surface area contributed by atoms with E-state index < -0.39 is 21.4 Å². The Hall–Kier alpha value is -4.77. The molecule has 11 heteroatoms. The number of hydrogen-bond donors (Lipinski definition) is 0. The molecule has 0 radical (unpaired) electrons. The summed E-state index contributed by atoms with van der Waals surface area (Å²) in [6.07, 6.45) is 5.82. The Bertz CT molecular complexity index is 1960. The summed E-state index contributed by atoms with van der Waals surface area (Å²) >= 11 is 0. The van der Waals surface area contributed by atoms with Crippen LogP contribution in [0.15, 0.2) is 94.9 Å². The number of nitrogens with zero attached hydrogens (tertiary/aromatic N) is 4. The predicted octanol–water partition coefficient (Wildman–Crippen LogP) is 5.60. The number of benzene rings is 3. The molecule has 0 unspecified atom stereocenters. The Morgan fingerprint density at radius 3 is 2.35 bits per heavy atom. The van der Waals surface area contributed by atoms with E-state index in [1.165, 1.54) is 54.4 Å². The van der Waals surface area contributed by atoms with Gasteiger partial charge in [-0.15, -0.1) is 0 Å². The third-order valence-corrected chi connectivity index (χ3v) is 9.52. The van der Waals surface area contributed by atoms with Crippen LogP contribution >= 0.6 is 0 Å². The third kappa shape index (κ3) is 5.32. The molecule has 0 spiro atoms. The van der Waals surface area contributed by atoms with E-state index in [0.29, 0.717) is 33.5 Å². The number of halogens is 1. The Morgan fingerprint density at radius 1 is 0.953 bits per heavy atom. The summed E-state index contributed by atoms with van der Waals surface area (Å²) in [5.41, 5.74) is 1.52. The largest absolute Gasteiger partial charge is 0.497 e. The van der Waals surface area contributed by atoms with E-state index in [-0.39, 0.29) is 29.0 Å². The molecular weight excluding hydrogens is 571 g/mol. The summed E-state index contributed by atoms with van der Waals surface area (Å²) in [5.74, 6) is 0.746. The number of rotatable bonds is 9.